The predicted octanol–water partition coefficient (Wildman–Crippen LogP) is 4.48. The van der Waals surface area contributed by atoms with Crippen LogP contribution in [0.1, 0.15) is 16.7 Å². The van der Waals surface area contributed by atoms with Crippen LogP contribution in [0.25, 0.3) is 0 Å². The second kappa shape index (κ2) is 10.2. The number of aliphatic imine (C=N–C) groups is 1. The maximum Gasteiger partial charge on any atom is 0.200 e. The van der Waals surface area contributed by atoms with Gasteiger partial charge in [-0.2, -0.15) is 0 Å². The van der Waals surface area contributed by atoms with Gasteiger partial charge in [0, 0.05) is 12.2 Å². The second-order valence-electron chi connectivity index (χ2n) is 6.84. The zero-order valence-electron chi connectivity index (χ0n) is 17.5. The molecule has 0 heterocycles. The number of para-hydroxylation sites is 1. The molecule has 0 atom stereocenters. The molecule has 0 aromatic heterocycles. The summed E-state index contributed by atoms with van der Waals surface area (Å²) < 4.78 is 10.5. The molecule has 30 heavy (non-hydrogen) atoms. The molecule has 3 aromatic rings. The largest absolute Gasteiger partial charge is 0.502 e. The highest BCUT2D eigenvalue weighted by Crippen LogP contribution is 2.37. The van der Waals surface area contributed by atoms with Crippen molar-refractivity contribution in [2.24, 2.45) is 4.99 Å². The van der Waals surface area contributed by atoms with Crippen molar-refractivity contribution in [3.05, 3.63) is 83.4 Å². The molecule has 0 bridgehead atoms. The molecule has 0 unspecified atom stereocenters. The van der Waals surface area contributed by atoms with Crippen molar-refractivity contribution >= 4 is 11.6 Å². The van der Waals surface area contributed by atoms with E-state index in [1.54, 1.807) is 12.1 Å². The lowest BCUT2D eigenvalue weighted by Crippen LogP contribution is -2.30. The van der Waals surface area contributed by atoms with Gasteiger partial charge in [0.25, 0.3) is 0 Å². The molecule has 0 radical (unpaired) electrons. The van der Waals surface area contributed by atoms with E-state index >= 15 is 0 Å². The highest BCUT2D eigenvalue weighted by molar-refractivity contribution is 5.93. The third kappa shape index (κ3) is 5.67. The van der Waals surface area contributed by atoms with Crippen molar-refractivity contribution in [3.8, 4) is 17.2 Å². The van der Waals surface area contributed by atoms with Crippen LogP contribution in [-0.2, 0) is 13.1 Å². The third-order valence-electron chi connectivity index (χ3n) is 4.58. The molecule has 0 fully saturated rings. The summed E-state index contributed by atoms with van der Waals surface area (Å²) in [6, 6.07) is 21.7. The molecular weight excluding hydrogens is 378 g/mol. The summed E-state index contributed by atoms with van der Waals surface area (Å²) in [6.07, 6.45) is 0. The number of guanidine groups is 1. The minimum Gasteiger partial charge on any atom is -0.502 e. The summed E-state index contributed by atoms with van der Waals surface area (Å²) in [5, 5.41) is 16.8. The number of benzene rings is 3. The van der Waals surface area contributed by atoms with Crippen LogP contribution in [0.4, 0.5) is 5.69 Å². The third-order valence-corrected chi connectivity index (χ3v) is 4.58. The lowest BCUT2D eigenvalue weighted by atomic mass is 10.1. The van der Waals surface area contributed by atoms with Crippen LogP contribution < -0.4 is 20.1 Å². The summed E-state index contributed by atoms with van der Waals surface area (Å²) in [4.78, 5) is 4.70. The van der Waals surface area contributed by atoms with Gasteiger partial charge in [-0.05, 0) is 42.3 Å². The van der Waals surface area contributed by atoms with Gasteiger partial charge in [-0.15, -0.1) is 0 Å². The van der Waals surface area contributed by atoms with Crippen molar-refractivity contribution in [2.45, 2.75) is 20.0 Å². The van der Waals surface area contributed by atoms with Crippen LogP contribution in [0, 0.1) is 6.92 Å². The number of nitrogens with one attached hydrogen (secondary N) is 2. The van der Waals surface area contributed by atoms with Crippen molar-refractivity contribution in [1.29, 1.82) is 0 Å². The Balaban J connectivity index is 1.80. The summed E-state index contributed by atoms with van der Waals surface area (Å²) in [5.74, 6) is 1.33. The minimum absolute atomic E-state index is 0.0205. The first-order valence-electron chi connectivity index (χ1n) is 9.69. The molecule has 0 aliphatic rings. The number of ether oxygens (including phenoxy) is 2. The molecule has 3 aromatic carbocycles. The van der Waals surface area contributed by atoms with Crippen LogP contribution >= 0.6 is 0 Å². The van der Waals surface area contributed by atoms with Crippen molar-refractivity contribution in [3.63, 3.8) is 0 Å². The number of aromatic hydroxyl groups is 1. The van der Waals surface area contributed by atoms with E-state index in [-0.39, 0.29) is 5.75 Å². The fourth-order valence-corrected chi connectivity index (χ4v) is 2.90. The van der Waals surface area contributed by atoms with E-state index in [9.17, 15) is 5.11 Å². The Morgan fingerprint density at radius 2 is 1.53 bits per heavy atom. The van der Waals surface area contributed by atoms with Gasteiger partial charge in [0.1, 0.15) is 0 Å². The molecular formula is C24H27N3O3. The average Bonchev–Trinajstić information content (AvgIpc) is 2.78. The minimum atomic E-state index is -0.0205. The zero-order chi connectivity index (χ0) is 21.3. The summed E-state index contributed by atoms with van der Waals surface area (Å²) in [5.41, 5.74) is 4.18. The SMILES string of the molecule is COc1cc(CN=C(NCc2ccc(C)cc2)Nc2ccccc2)cc(OC)c1O. The first-order chi connectivity index (χ1) is 14.6. The van der Waals surface area contributed by atoms with Crippen LogP contribution in [0.3, 0.4) is 0 Å². The normalized spacial score (nSPS) is 11.1. The number of nitrogens with zero attached hydrogens (tertiary/aromatic N) is 1. The highest BCUT2D eigenvalue weighted by atomic mass is 16.5. The standard InChI is InChI=1S/C24H27N3O3/c1-17-9-11-18(12-10-17)15-25-24(27-20-7-5-4-6-8-20)26-16-19-13-21(29-2)23(28)22(14-19)30-3/h4-14,28H,15-16H2,1-3H3,(H2,25,26,27). The Morgan fingerprint density at radius 1 is 0.900 bits per heavy atom. The number of methoxy groups -OCH3 is 2. The monoisotopic (exact) mass is 405 g/mol. The molecule has 6 nitrogen and oxygen atoms in total. The maximum absolute atomic E-state index is 10.1. The predicted molar refractivity (Wildman–Crippen MR) is 120 cm³/mol. The first-order valence-corrected chi connectivity index (χ1v) is 9.69. The van der Waals surface area contributed by atoms with Crippen LogP contribution in [0.5, 0.6) is 17.2 Å². The lowest BCUT2D eigenvalue weighted by Gasteiger charge is -2.14. The fourth-order valence-electron chi connectivity index (χ4n) is 2.90. The number of hydrogen-bond acceptors (Lipinski definition) is 4. The molecule has 0 aliphatic heterocycles. The van der Waals surface area contributed by atoms with Gasteiger partial charge < -0.3 is 25.2 Å². The van der Waals surface area contributed by atoms with E-state index in [2.05, 4.69) is 41.8 Å². The summed E-state index contributed by atoms with van der Waals surface area (Å²) in [6.45, 7) is 3.09. The van der Waals surface area contributed by atoms with Gasteiger partial charge >= 0.3 is 0 Å². The number of hydrogen-bond donors (Lipinski definition) is 3. The van der Waals surface area contributed by atoms with Crippen LogP contribution in [0.2, 0.25) is 0 Å². The Hall–Kier alpha value is -3.67. The maximum atomic E-state index is 10.1. The first kappa shape index (κ1) is 21.0. The van der Waals surface area contributed by atoms with Gasteiger partial charge in [0.05, 0.1) is 20.8 Å². The Bertz CT molecular complexity index is 961. The molecule has 0 spiro atoms. The number of phenolic OH excluding ortho intramolecular Hbond substituents is 1. The number of anilines is 1. The number of aryl methyl sites for hydroxylation is 1. The van der Waals surface area contributed by atoms with E-state index < -0.39 is 0 Å². The van der Waals surface area contributed by atoms with E-state index in [0.717, 1.165) is 16.8 Å². The van der Waals surface area contributed by atoms with Crippen molar-refractivity contribution < 1.29 is 14.6 Å². The second-order valence-corrected chi connectivity index (χ2v) is 6.84. The van der Waals surface area contributed by atoms with Crippen molar-refractivity contribution in [1.82, 2.24) is 5.32 Å². The summed E-state index contributed by atoms with van der Waals surface area (Å²) in [7, 11) is 3.01. The van der Waals surface area contributed by atoms with Gasteiger partial charge in [-0.1, -0.05) is 48.0 Å². The van der Waals surface area contributed by atoms with Gasteiger partial charge in [-0.3, -0.25) is 0 Å². The van der Waals surface area contributed by atoms with E-state index in [1.165, 1.54) is 19.8 Å². The van der Waals surface area contributed by atoms with Gasteiger partial charge in [0.2, 0.25) is 5.75 Å². The smallest absolute Gasteiger partial charge is 0.200 e. The Kier molecular flexibility index (Phi) is 7.16. The Morgan fingerprint density at radius 3 is 2.13 bits per heavy atom. The van der Waals surface area contributed by atoms with E-state index in [1.807, 2.05) is 30.3 Å². The average molecular weight is 405 g/mol. The van der Waals surface area contributed by atoms with Gasteiger partial charge in [-0.25, -0.2) is 4.99 Å². The topological polar surface area (TPSA) is 75.1 Å². The highest BCUT2D eigenvalue weighted by Gasteiger charge is 2.11. The van der Waals surface area contributed by atoms with E-state index in [0.29, 0.717) is 30.5 Å². The fraction of sp³-hybridized carbons (Fsp3) is 0.208. The lowest BCUT2D eigenvalue weighted by molar-refractivity contribution is 0.339. The number of rotatable bonds is 7. The molecule has 0 aliphatic carbocycles. The zero-order valence-corrected chi connectivity index (χ0v) is 17.5. The molecule has 3 N–H and O–H groups in total. The van der Waals surface area contributed by atoms with Crippen LogP contribution in [0.15, 0.2) is 71.7 Å². The molecule has 156 valence electrons. The molecule has 0 saturated carbocycles. The van der Waals surface area contributed by atoms with Crippen molar-refractivity contribution in [2.75, 3.05) is 19.5 Å². The Labute approximate surface area is 177 Å². The molecule has 0 amide bonds. The number of phenols is 1. The van der Waals surface area contributed by atoms with Crippen LogP contribution in [-0.4, -0.2) is 25.3 Å². The molecule has 6 heteroatoms. The quantitative estimate of drug-likeness (QED) is 0.399. The van der Waals surface area contributed by atoms with E-state index in [4.69, 9.17) is 14.5 Å². The molecule has 0 saturated heterocycles. The molecule has 3 rings (SSSR count). The van der Waals surface area contributed by atoms with Gasteiger partial charge in [0.15, 0.2) is 17.5 Å². The summed E-state index contributed by atoms with van der Waals surface area (Å²) >= 11 is 0.